The van der Waals surface area contributed by atoms with Crippen molar-refractivity contribution in [3.05, 3.63) is 22.7 Å². The molecule has 0 saturated heterocycles. The minimum atomic E-state index is 0.892. The average molecular weight is 283 g/mol. The summed E-state index contributed by atoms with van der Waals surface area (Å²) >= 11 is 5.19. The lowest BCUT2D eigenvalue weighted by atomic mass is 10.3. The first-order valence-corrected chi connectivity index (χ1v) is 6.72. The monoisotopic (exact) mass is 282 g/mol. The molecule has 0 radical (unpaired) electrons. The Morgan fingerprint density at radius 3 is 3.13 bits per heavy atom. The Morgan fingerprint density at radius 2 is 2.33 bits per heavy atom. The van der Waals surface area contributed by atoms with E-state index in [9.17, 15) is 0 Å². The summed E-state index contributed by atoms with van der Waals surface area (Å²) in [5, 5.41) is 4.46. The topological polar surface area (TPSA) is 24.9 Å². The molecule has 1 N–H and O–H groups in total. The van der Waals surface area contributed by atoms with E-state index in [1.807, 2.05) is 0 Å². The van der Waals surface area contributed by atoms with Gasteiger partial charge in [-0.25, -0.2) is 4.98 Å². The number of hydrogen-bond donors (Lipinski definition) is 1. The van der Waals surface area contributed by atoms with Gasteiger partial charge in [-0.1, -0.05) is 27.3 Å². The number of nitrogens with one attached hydrogen (secondary N) is 1. The van der Waals surface area contributed by atoms with Crippen LogP contribution in [0.4, 0.5) is 5.13 Å². The average Bonchev–Trinajstić information content (AvgIpc) is 2.95. The van der Waals surface area contributed by atoms with Crippen molar-refractivity contribution in [1.82, 2.24) is 4.98 Å². The van der Waals surface area contributed by atoms with E-state index in [2.05, 4.69) is 44.4 Å². The van der Waals surface area contributed by atoms with Crippen molar-refractivity contribution >= 4 is 42.6 Å². The lowest BCUT2D eigenvalue weighted by molar-refractivity contribution is 0.888. The van der Waals surface area contributed by atoms with Crippen LogP contribution in [0.3, 0.4) is 0 Å². The minimum Gasteiger partial charge on any atom is -0.361 e. The molecule has 0 spiro atoms. The quantitative estimate of drug-likeness (QED) is 0.924. The molecule has 0 aliphatic heterocycles. The van der Waals surface area contributed by atoms with Crippen LogP contribution in [-0.2, 0) is 0 Å². The Morgan fingerprint density at radius 1 is 1.47 bits per heavy atom. The van der Waals surface area contributed by atoms with Gasteiger partial charge in [0.1, 0.15) is 0 Å². The molecule has 1 aliphatic carbocycles. The van der Waals surface area contributed by atoms with Gasteiger partial charge in [0.15, 0.2) is 5.13 Å². The highest BCUT2D eigenvalue weighted by Crippen LogP contribution is 2.31. The predicted molar refractivity (Wildman–Crippen MR) is 68.5 cm³/mol. The van der Waals surface area contributed by atoms with Crippen molar-refractivity contribution in [2.45, 2.75) is 12.8 Å². The Bertz CT molecular complexity index is 490. The van der Waals surface area contributed by atoms with Crippen LogP contribution >= 0.6 is 27.3 Å². The van der Waals surface area contributed by atoms with E-state index >= 15 is 0 Å². The van der Waals surface area contributed by atoms with Gasteiger partial charge in [-0.05, 0) is 37.0 Å². The maximum Gasteiger partial charge on any atom is 0.183 e. The van der Waals surface area contributed by atoms with Crippen LogP contribution < -0.4 is 5.32 Å². The summed E-state index contributed by atoms with van der Waals surface area (Å²) in [6.07, 6.45) is 2.76. The van der Waals surface area contributed by atoms with E-state index in [0.29, 0.717) is 0 Å². The van der Waals surface area contributed by atoms with E-state index in [1.165, 1.54) is 17.5 Å². The molecule has 1 heterocycles. The number of benzene rings is 1. The second-order valence-corrected chi connectivity index (χ2v) is 5.90. The maximum atomic E-state index is 4.55. The molecular formula is C11H11BrN2S. The zero-order valence-electron chi connectivity index (χ0n) is 8.16. The molecule has 0 atom stereocenters. The van der Waals surface area contributed by atoms with Gasteiger partial charge in [-0.15, -0.1) is 0 Å². The highest BCUT2D eigenvalue weighted by Gasteiger charge is 2.21. The number of nitrogens with zero attached hydrogens (tertiary/aromatic N) is 1. The third-order valence-corrected chi connectivity index (χ3v) is 4.08. The number of rotatable bonds is 3. The molecule has 0 amide bonds. The first-order chi connectivity index (χ1) is 7.31. The van der Waals surface area contributed by atoms with Crippen LogP contribution in [0.1, 0.15) is 12.8 Å². The van der Waals surface area contributed by atoms with Crippen molar-refractivity contribution in [2.75, 3.05) is 11.9 Å². The molecule has 1 aromatic carbocycles. The Kier molecular flexibility index (Phi) is 2.41. The zero-order valence-corrected chi connectivity index (χ0v) is 10.6. The van der Waals surface area contributed by atoms with Gasteiger partial charge >= 0.3 is 0 Å². The lowest BCUT2D eigenvalue weighted by Gasteiger charge is -1.97. The largest absolute Gasteiger partial charge is 0.361 e. The highest BCUT2D eigenvalue weighted by molar-refractivity contribution is 9.10. The molecule has 1 fully saturated rings. The number of thiazole rings is 1. The molecule has 0 unspecified atom stereocenters. The molecule has 1 aliphatic rings. The summed E-state index contributed by atoms with van der Waals surface area (Å²) < 4.78 is 2.34. The van der Waals surface area contributed by atoms with Crippen LogP contribution in [0.15, 0.2) is 22.7 Å². The van der Waals surface area contributed by atoms with Crippen LogP contribution in [-0.4, -0.2) is 11.5 Å². The van der Waals surface area contributed by atoms with E-state index in [0.717, 1.165) is 27.6 Å². The van der Waals surface area contributed by atoms with Gasteiger partial charge in [0.25, 0.3) is 0 Å². The van der Waals surface area contributed by atoms with Crippen molar-refractivity contribution in [2.24, 2.45) is 5.92 Å². The second kappa shape index (κ2) is 3.76. The zero-order chi connectivity index (χ0) is 10.3. The van der Waals surface area contributed by atoms with Gasteiger partial charge in [0.2, 0.25) is 0 Å². The normalized spacial score (nSPS) is 15.8. The smallest absolute Gasteiger partial charge is 0.183 e. The van der Waals surface area contributed by atoms with Crippen LogP contribution in [0.25, 0.3) is 10.2 Å². The number of hydrogen-bond acceptors (Lipinski definition) is 3. The molecule has 15 heavy (non-hydrogen) atoms. The second-order valence-electron chi connectivity index (χ2n) is 3.96. The van der Waals surface area contributed by atoms with Crippen LogP contribution in [0.5, 0.6) is 0 Å². The van der Waals surface area contributed by atoms with Crippen molar-refractivity contribution < 1.29 is 0 Å². The Labute approximate surface area is 101 Å². The maximum absolute atomic E-state index is 4.55. The summed E-state index contributed by atoms with van der Waals surface area (Å²) in [4.78, 5) is 4.55. The van der Waals surface area contributed by atoms with Crippen LogP contribution in [0, 0.1) is 5.92 Å². The summed E-state index contributed by atoms with van der Waals surface area (Å²) in [5.41, 5.74) is 1.08. The van der Waals surface area contributed by atoms with Gasteiger partial charge in [0, 0.05) is 11.0 Å². The van der Waals surface area contributed by atoms with Crippen molar-refractivity contribution in [3.8, 4) is 0 Å². The summed E-state index contributed by atoms with van der Waals surface area (Å²) in [6.45, 7) is 1.08. The standard InChI is InChI=1S/C11H11BrN2S/c12-8-3-4-10-9(5-8)14-11(15-10)13-6-7-1-2-7/h3-5,7H,1-2,6H2,(H,13,14). The first-order valence-electron chi connectivity index (χ1n) is 5.11. The summed E-state index contributed by atoms with van der Waals surface area (Å²) in [7, 11) is 0. The molecule has 4 heteroatoms. The fourth-order valence-electron chi connectivity index (χ4n) is 1.53. The third-order valence-electron chi connectivity index (χ3n) is 2.59. The molecule has 1 aromatic heterocycles. The molecule has 1 saturated carbocycles. The van der Waals surface area contributed by atoms with Crippen LogP contribution in [0.2, 0.25) is 0 Å². The van der Waals surface area contributed by atoms with Gasteiger partial charge in [-0.2, -0.15) is 0 Å². The van der Waals surface area contributed by atoms with E-state index in [1.54, 1.807) is 11.3 Å². The lowest BCUT2D eigenvalue weighted by Crippen LogP contribution is -2.01. The highest BCUT2D eigenvalue weighted by atomic mass is 79.9. The summed E-state index contributed by atoms with van der Waals surface area (Å²) in [6, 6.07) is 6.23. The molecule has 0 bridgehead atoms. The van der Waals surface area contributed by atoms with E-state index in [4.69, 9.17) is 0 Å². The van der Waals surface area contributed by atoms with Crippen molar-refractivity contribution in [3.63, 3.8) is 0 Å². The molecule has 3 rings (SSSR count). The third kappa shape index (κ3) is 2.16. The number of fused-ring (bicyclic) bond motifs is 1. The molecule has 2 nitrogen and oxygen atoms in total. The molecular weight excluding hydrogens is 272 g/mol. The predicted octanol–water partition coefficient (Wildman–Crippen LogP) is 3.88. The first kappa shape index (κ1) is 9.60. The number of anilines is 1. The molecule has 2 aromatic rings. The van der Waals surface area contributed by atoms with Crippen molar-refractivity contribution in [1.29, 1.82) is 0 Å². The minimum absolute atomic E-state index is 0.892. The fourth-order valence-corrected chi connectivity index (χ4v) is 2.73. The van der Waals surface area contributed by atoms with Gasteiger partial charge in [-0.3, -0.25) is 0 Å². The van der Waals surface area contributed by atoms with E-state index < -0.39 is 0 Å². The van der Waals surface area contributed by atoms with Gasteiger partial charge < -0.3 is 5.32 Å². The fraction of sp³-hybridized carbons (Fsp3) is 0.364. The van der Waals surface area contributed by atoms with Gasteiger partial charge in [0.05, 0.1) is 10.2 Å². The summed E-state index contributed by atoms with van der Waals surface area (Å²) in [5.74, 6) is 0.892. The van der Waals surface area contributed by atoms with E-state index in [-0.39, 0.29) is 0 Å². The number of aromatic nitrogens is 1. The Hall–Kier alpha value is -0.610. The number of halogens is 1. The SMILES string of the molecule is Brc1ccc2sc(NCC3CC3)nc2c1. The Balaban J connectivity index is 1.84. The molecule has 78 valence electrons.